The topological polar surface area (TPSA) is 148 Å². The molecule has 0 saturated heterocycles. The summed E-state index contributed by atoms with van der Waals surface area (Å²) in [7, 11) is 6.56. The second-order valence-corrected chi connectivity index (χ2v) is 19.6. The van der Waals surface area contributed by atoms with Gasteiger partial charge in [-0.3, -0.25) is 0 Å². The monoisotopic (exact) mass is 860 g/mol. The zero-order chi connectivity index (χ0) is 40.2. The predicted octanol–water partition coefficient (Wildman–Crippen LogP) is 3.21. The van der Waals surface area contributed by atoms with Crippen LogP contribution in [0.2, 0.25) is 12.1 Å². The smallest absolute Gasteiger partial charge is 0.251 e. The lowest BCUT2D eigenvalue weighted by molar-refractivity contribution is -0.0565. The highest BCUT2D eigenvalue weighted by atomic mass is 35.7. The highest BCUT2D eigenvalue weighted by Crippen LogP contribution is 2.31. The van der Waals surface area contributed by atoms with Crippen LogP contribution < -0.4 is 0 Å². The van der Waals surface area contributed by atoms with Crippen LogP contribution in [0, 0.1) is 0 Å². The van der Waals surface area contributed by atoms with Crippen LogP contribution in [0.25, 0.3) is 0 Å². The molecule has 0 amide bonds. The summed E-state index contributed by atoms with van der Waals surface area (Å²) >= 11 is 14.0. The van der Waals surface area contributed by atoms with Crippen LogP contribution in [-0.2, 0) is 75.8 Å². The third-order valence-corrected chi connectivity index (χ3v) is 11.7. The number of halogens is 2. The Kier molecular flexibility index (Phi) is 45.4. The van der Waals surface area contributed by atoms with Gasteiger partial charge >= 0.3 is 0 Å². The number of rotatable bonds is 48. The normalized spacial score (nSPS) is 13.2. The molecule has 0 radical (unpaired) electrons. The zero-order valence-electron chi connectivity index (χ0n) is 34.2. The fourth-order valence-corrected chi connectivity index (χ4v) is 7.42. The van der Waals surface area contributed by atoms with E-state index in [2.05, 4.69) is 0 Å². The Morgan fingerprint density at radius 3 is 0.782 bits per heavy atom. The molecule has 55 heavy (non-hydrogen) atoms. The Morgan fingerprint density at radius 2 is 0.527 bits per heavy atom. The van der Waals surface area contributed by atoms with E-state index in [9.17, 15) is 0 Å². The summed E-state index contributed by atoms with van der Waals surface area (Å²) in [5.41, 5.74) is 0. The molecule has 0 aromatic rings. The first-order valence-electron chi connectivity index (χ1n) is 19.3. The summed E-state index contributed by atoms with van der Waals surface area (Å²) in [5.74, 6) is 0. The first kappa shape index (κ1) is 55.2. The number of hydrogen-bond donors (Lipinski definition) is 0. The first-order chi connectivity index (χ1) is 27.0. The molecule has 0 aromatic heterocycles. The molecule has 19 heteroatoms. The lowest BCUT2D eigenvalue weighted by atomic mass is 10.3. The minimum atomic E-state index is -2.68. The molecule has 0 saturated carbocycles. The lowest BCUT2D eigenvalue weighted by Gasteiger charge is -2.24. The maximum absolute atomic E-state index is 7.00. The zero-order valence-corrected chi connectivity index (χ0v) is 36.7. The summed E-state index contributed by atoms with van der Waals surface area (Å²) in [6, 6.07) is 1.24. The molecule has 0 aliphatic carbocycles. The van der Waals surface area contributed by atoms with Crippen molar-refractivity contribution >= 4 is 28.9 Å². The van der Waals surface area contributed by atoms with Crippen LogP contribution in [0.5, 0.6) is 0 Å². The summed E-state index contributed by atoms with van der Waals surface area (Å²) in [6.07, 6.45) is 0.865. The van der Waals surface area contributed by atoms with Crippen molar-refractivity contribution in [2.75, 3.05) is 200 Å². The van der Waals surface area contributed by atoms with Gasteiger partial charge in [0.25, 0.3) is 6.69 Å². The molecule has 0 spiro atoms. The van der Waals surface area contributed by atoms with Gasteiger partial charge in [-0.1, -0.05) is 0 Å². The minimum Gasteiger partial charge on any atom is -0.382 e. The van der Waals surface area contributed by atoms with E-state index >= 15 is 0 Å². The van der Waals surface area contributed by atoms with Crippen molar-refractivity contribution in [3.8, 4) is 0 Å². The molecule has 0 fully saturated rings. The van der Waals surface area contributed by atoms with Gasteiger partial charge in [0, 0.05) is 28.4 Å². The van der Waals surface area contributed by atoms with E-state index in [1.807, 2.05) is 0 Å². The maximum Gasteiger partial charge on any atom is 0.251 e. The Balaban J connectivity index is 4.79. The van der Waals surface area contributed by atoms with E-state index in [1.54, 1.807) is 28.4 Å². The van der Waals surface area contributed by atoms with E-state index in [0.29, 0.717) is 197 Å². The Morgan fingerprint density at radius 1 is 0.309 bits per heavy atom. The van der Waals surface area contributed by atoms with Crippen LogP contribution in [0.4, 0.5) is 0 Å². The largest absolute Gasteiger partial charge is 0.382 e. The van der Waals surface area contributed by atoms with E-state index in [0.717, 1.165) is 0 Å². The minimum absolute atomic E-state index is 0.209. The molecule has 0 aromatic carbocycles. The van der Waals surface area contributed by atoms with E-state index in [1.165, 1.54) is 0 Å². The van der Waals surface area contributed by atoms with E-state index in [4.69, 9.17) is 97.9 Å². The molecule has 2 unspecified atom stereocenters. The van der Waals surface area contributed by atoms with Crippen LogP contribution in [0.15, 0.2) is 0 Å². The molecular weight excluding hydrogens is 787 g/mol. The van der Waals surface area contributed by atoms with Gasteiger partial charge in [0.15, 0.2) is 0 Å². The number of methoxy groups -OCH3 is 4. The fraction of sp³-hybridized carbons (Fsp3) is 1.00. The van der Waals surface area contributed by atoms with Crippen LogP contribution >= 0.6 is 22.2 Å². The van der Waals surface area contributed by atoms with Gasteiger partial charge in [0.2, 0.25) is 0 Å². The molecule has 16 nitrogen and oxygen atoms in total. The Bertz CT molecular complexity index is 685. The van der Waals surface area contributed by atoms with Crippen molar-refractivity contribution in [2.24, 2.45) is 0 Å². The van der Waals surface area contributed by atoms with Crippen molar-refractivity contribution in [1.29, 1.82) is 0 Å². The molecule has 332 valence electrons. The third-order valence-electron chi connectivity index (χ3n) is 7.39. The summed E-state index contributed by atoms with van der Waals surface area (Å²) in [5, 5.41) is 0. The van der Waals surface area contributed by atoms with Gasteiger partial charge in [0.1, 0.15) is 0 Å². The molecule has 0 bridgehead atoms. The van der Waals surface area contributed by atoms with Gasteiger partial charge in [-0.05, 0) is 24.9 Å². The van der Waals surface area contributed by atoms with Gasteiger partial charge in [-0.15, -0.1) is 22.2 Å². The van der Waals surface area contributed by atoms with Crippen molar-refractivity contribution < 1.29 is 75.8 Å². The second-order valence-electron chi connectivity index (χ2n) is 11.9. The van der Waals surface area contributed by atoms with Crippen LogP contribution in [0.3, 0.4) is 0 Å². The van der Waals surface area contributed by atoms with E-state index < -0.39 is 6.69 Å². The van der Waals surface area contributed by atoms with Gasteiger partial charge < -0.3 is 75.8 Å². The average molecular weight is 862 g/mol. The van der Waals surface area contributed by atoms with Crippen LogP contribution in [0.1, 0.15) is 12.8 Å². The highest BCUT2D eigenvalue weighted by Gasteiger charge is 2.31. The number of hydrogen-bond acceptors (Lipinski definition) is 16. The quantitative estimate of drug-likeness (QED) is 0.0501. The molecule has 0 N–H and O–H groups in total. The Labute approximate surface area is 341 Å². The van der Waals surface area contributed by atoms with Crippen molar-refractivity contribution in [1.82, 2.24) is 0 Å². The second kappa shape index (κ2) is 45.2. The SMILES string of the molecule is COCCOCCOCCOCC(CC[Si](Cl)(Cl)CCC(COCCOCCOCCOC)OCCOCCOCCOC)OCCOCCOCCOC. The maximum atomic E-state index is 7.00. The molecule has 2 atom stereocenters. The standard InChI is InChI=1S/C36H74Cl2O16Si/c1-39-7-11-43-15-19-47-23-25-51-33-35(53-29-27-49-21-17-45-13-9-41-3)5-31-55(37,38)32-6-36(54-30-28-50-22-18-46-14-10-42-4)34-52-26-24-48-20-16-44-12-8-40-2/h35-36H,5-34H2,1-4H3. The van der Waals surface area contributed by atoms with Crippen LogP contribution in [-0.4, -0.2) is 219 Å². The predicted molar refractivity (Wildman–Crippen MR) is 211 cm³/mol. The van der Waals surface area contributed by atoms with Crippen molar-refractivity contribution in [3.05, 3.63) is 0 Å². The summed E-state index contributed by atoms with van der Waals surface area (Å²) in [6.45, 7) is 9.74. The fourth-order valence-electron chi connectivity index (χ4n) is 4.37. The molecular formula is C36H74Cl2O16Si. The van der Waals surface area contributed by atoms with Gasteiger partial charge in [-0.2, -0.15) is 0 Å². The van der Waals surface area contributed by atoms with Crippen molar-refractivity contribution in [3.63, 3.8) is 0 Å². The summed E-state index contributed by atoms with van der Waals surface area (Å²) < 4.78 is 88.2. The van der Waals surface area contributed by atoms with E-state index in [-0.39, 0.29) is 12.2 Å². The third kappa shape index (κ3) is 43.6. The van der Waals surface area contributed by atoms with Gasteiger partial charge in [0.05, 0.1) is 184 Å². The molecule has 0 aliphatic rings. The average Bonchev–Trinajstić information content (AvgIpc) is 3.18. The lowest BCUT2D eigenvalue weighted by Crippen LogP contribution is -2.30. The summed E-state index contributed by atoms with van der Waals surface area (Å²) in [4.78, 5) is 0. The number of ether oxygens (including phenoxy) is 16. The molecule has 0 rings (SSSR count). The molecule has 0 heterocycles. The molecule has 0 aliphatic heterocycles. The first-order valence-corrected chi connectivity index (χ1v) is 23.8. The highest BCUT2D eigenvalue weighted by molar-refractivity contribution is 7.45. The Hall–Kier alpha value is 0.157. The van der Waals surface area contributed by atoms with Crippen molar-refractivity contribution in [2.45, 2.75) is 37.1 Å². The van der Waals surface area contributed by atoms with Gasteiger partial charge in [-0.25, -0.2) is 0 Å².